The van der Waals surface area contributed by atoms with Gasteiger partial charge in [0.2, 0.25) is 0 Å². The first kappa shape index (κ1) is 11.7. The fourth-order valence-corrected chi connectivity index (χ4v) is 1.89. The normalized spacial score (nSPS) is 12.4. The highest BCUT2D eigenvalue weighted by Gasteiger charge is 2.10. The molecule has 2 rings (SSSR count). The quantitative estimate of drug-likeness (QED) is 0.880. The van der Waals surface area contributed by atoms with Crippen LogP contribution in [-0.2, 0) is 6.42 Å². The number of pyridine rings is 1. The standard InChI is InChI=1S/C14H15FN2/c1-10-5-6-17-9-13(10)14(16)8-11-3-2-4-12(15)7-11/h2-7,9,14H,8,16H2,1H3. The molecule has 3 heteroatoms. The van der Waals surface area contributed by atoms with Crippen LogP contribution in [-0.4, -0.2) is 4.98 Å². The lowest BCUT2D eigenvalue weighted by Gasteiger charge is -2.14. The summed E-state index contributed by atoms with van der Waals surface area (Å²) in [7, 11) is 0. The topological polar surface area (TPSA) is 38.9 Å². The van der Waals surface area contributed by atoms with Crippen molar-refractivity contribution in [3.05, 3.63) is 65.2 Å². The van der Waals surface area contributed by atoms with Crippen molar-refractivity contribution in [1.29, 1.82) is 0 Å². The summed E-state index contributed by atoms with van der Waals surface area (Å²) in [5.41, 5.74) is 9.14. The van der Waals surface area contributed by atoms with Crippen LogP contribution in [0.1, 0.15) is 22.7 Å². The van der Waals surface area contributed by atoms with E-state index < -0.39 is 0 Å². The Bertz CT molecular complexity index is 511. The van der Waals surface area contributed by atoms with Crippen molar-refractivity contribution in [3.8, 4) is 0 Å². The lowest BCUT2D eigenvalue weighted by atomic mass is 9.98. The van der Waals surface area contributed by atoms with Crippen LogP contribution in [0.4, 0.5) is 4.39 Å². The van der Waals surface area contributed by atoms with Gasteiger partial charge in [-0.25, -0.2) is 4.39 Å². The second-order valence-electron chi connectivity index (χ2n) is 4.17. The largest absolute Gasteiger partial charge is 0.324 e. The number of halogens is 1. The van der Waals surface area contributed by atoms with E-state index in [0.717, 1.165) is 16.7 Å². The molecule has 0 aliphatic heterocycles. The Balaban J connectivity index is 2.17. The summed E-state index contributed by atoms with van der Waals surface area (Å²) >= 11 is 0. The van der Waals surface area contributed by atoms with E-state index in [2.05, 4.69) is 4.98 Å². The first-order valence-corrected chi connectivity index (χ1v) is 5.57. The van der Waals surface area contributed by atoms with Gasteiger partial charge >= 0.3 is 0 Å². The fourth-order valence-electron chi connectivity index (χ4n) is 1.89. The molecule has 1 unspecified atom stereocenters. The molecule has 88 valence electrons. The maximum Gasteiger partial charge on any atom is 0.123 e. The van der Waals surface area contributed by atoms with Gasteiger partial charge in [0.25, 0.3) is 0 Å². The Morgan fingerprint density at radius 3 is 2.88 bits per heavy atom. The second-order valence-corrected chi connectivity index (χ2v) is 4.17. The number of nitrogens with zero attached hydrogens (tertiary/aromatic N) is 1. The Labute approximate surface area is 100 Å². The van der Waals surface area contributed by atoms with E-state index in [-0.39, 0.29) is 11.9 Å². The number of hydrogen-bond acceptors (Lipinski definition) is 2. The SMILES string of the molecule is Cc1ccncc1C(N)Cc1cccc(F)c1. The highest BCUT2D eigenvalue weighted by molar-refractivity contribution is 5.27. The minimum absolute atomic E-state index is 0.148. The predicted octanol–water partition coefficient (Wildman–Crippen LogP) is 2.77. The van der Waals surface area contributed by atoms with Gasteiger partial charge in [0.05, 0.1) is 0 Å². The highest BCUT2D eigenvalue weighted by Crippen LogP contribution is 2.18. The summed E-state index contributed by atoms with van der Waals surface area (Å²) in [4.78, 5) is 4.07. The Morgan fingerprint density at radius 2 is 2.18 bits per heavy atom. The first-order valence-electron chi connectivity index (χ1n) is 5.57. The average Bonchev–Trinajstić information content (AvgIpc) is 2.29. The minimum Gasteiger partial charge on any atom is -0.324 e. The van der Waals surface area contributed by atoms with E-state index >= 15 is 0 Å². The molecule has 0 bridgehead atoms. The monoisotopic (exact) mass is 230 g/mol. The molecule has 0 radical (unpaired) electrons. The number of nitrogens with two attached hydrogens (primary N) is 1. The van der Waals surface area contributed by atoms with Gasteiger partial charge in [-0.1, -0.05) is 12.1 Å². The third-order valence-electron chi connectivity index (χ3n) is 2.82. The molecule has 2 nitrogen and oxygen atoms in total. The van der Waals surface area contributed by atoms with Crippen LogP contribution in [0.15, 0.2) is 42.7 Å². The van der Waals surface area contributed by atoms with Crippen LogP contribution in [0.5, 0.6) is 0 Å². The van der Waals surface area contributed by atoms with Crippen molar-refractivity contribution >= 4 is 0 Å². The van der Waals surface area contributed by atoms with Crippen molar-refractivity contribution in [3.63, 3.8) is 0 Å². The molecule has 0 saturated heterocycles. The minimum atomic E-state index is -0.224. The van der Waals surface area contributed by atoms with E-state index in [9.17, 15) is 4.39 Å². The summed E-state index contributed by atoms with van der Waals surface area (Å²) in [6.07, 6.45) is 4.14. The summed E-state index contributed by atoms with van der Waals surface area (Å²) < 4.78 is 13.0. The van der Waals surface area contributed by atoms with E-state index in [0.29, 0.717) is 6.42 Å². The third kappa shape index (κ3) is 2.88. The molecule has 0 fully saturated rings. The average molecular weight is 230 g/mol. The first-order chi connectivity index (χ1) is 8.16. The molecule has 0 aliphatic carbocycles. The van der Waals surface area contributed by atoms with E-state index in [1.54, 1.807) is 18.5 Å². The lowest BCUT2D eigenvalue weighted by Crippen LogP contribution is -2.15. The molecule has 1 aromatic carbocycles. The highest BCUT2D eigenvalue weighted by atomic mass is 19.1. The van der Waals surface area contributed by atoms with Crippen LogP contribution in [0.3, 0.4) is 0 Å². The molecule has 2 N–H and O–H groups in total. The molecule has 1 aromatic heterocycles. The van der Waals surface area contributed by atoms with Crippen LogP contribution in [0.2, 0.25) is 0 Å². The predicted molar refractivity (Wildman–Crippen MR) is 66.0 cm³/mol. The van der Waals surface area contributed by atoms with Crippen molar-refractivity contribution in [1.82, 2.24) is 4.98 Å². The zero-order valence-corrected chi connectivity index (χ0v) is 9.73. The molecule has 0 amide bonds. The van der Waals surface area contributed by atoms with Gasteiger partial charge < -0.3 is 5.73 Å². The summed E-state index contributed by atoms with van der Waals surface area (Å²) in [6.45, 7) is 2.00. The lowest BCUT2D eigenvalue weighted by molar-refractivity contribution is 0.621. The molecule has 1 atom stereocenters. The number of rotatable bonds is 3. The molecular weight excluding hydrogens is 215 g/mol. The van der Waals surface area contributed by atoms with Crippen molar-refractivity contribution in [2.24, 2.45) is 5.73 Å². The zero-order valence-electron chi connectivity index (χ0n) is 9.73. The number of hydrogen-bond donors (Lipinski definition) is 1. The van der Waals surface area contributed by atoms with E-state index in [4.69, 9.17) is 5.73 Å². The molecule has 0 saturated carbocycles. The third-order valence-corrected chi connectivity index (χ3v) is 2.82. The van der Waals surface area contributed by atoms with Crippen LogP contribution in [0, 0.1) is 12.7 Å². The smallest absolute Gasteiger partial charge is 0.123 e. The van der Waals surface area contributed by atoms with Gasteiger partial charge in [0.1, 0.15) is 5.82 Å². The summed E-state index contributed by atoms with van der Waals surface area (Å²) in [5.74, 6) is -0.224. The van der Waals surface area contributed by atoms with Crippen LogP contribution < -0.4 is 5.73 Å². The molecule has 2 aromatic rings. The Hall–Kier alpha value is -1.74. The van der Waals surface area contributed by atoms with Gasteiger partial charge in [-0.2, -0.15) is 0 Å². The molecule has 0 spiro atoms. The summed E-state index contributed by atoms with van der Waals surface area (Å²) in [6, 6.07) is 8.32. The maximum absolute atomic E-state index is 13.0. The van der Waals surface area contributed by atoms with Crippen LogP contribution in [0.25, 0.3) is 0 Å². The Kier molecular flexibility index (Phi) is 3.49. The molecular formula is C14H15FN2. The van der Waals surface area contributed by atoms with Gasteiger partial charge in [0, 0.05) is 18.4 Å². The number of aryl methyl sites for hydroxylation is 1. The zero-order chi connectivity index (χ0) is 12.3. The number of benzene rings is 1. The van der Waals surface area contributed by atoms with E-state index in [1.165, 1.54) is 12.1 Å². The van der Waals surface area contributed by atoms with Crippen molar-refractivity contribution in [2.45, 2.75) is 19.4 Å². The summed E-state index contributed by atoms with van der Waals surface area (Å²) in [5, 5.41) is 0. The van der Waals surface area contributed by atoms with Gasteiger partial charge in [0.15, 0.2) is 0 Å². The second kappa shape index (κ2) is 5.06. The van der Waals surface area contributed by atoms with Gasteiger partial charge in [-0.3, -0.25) is 4.98 Å². The van der Waals surface area contributed by atoms with Gasteiger partial charge in [-0.05, 0) is 48.2 Å². The molecule has 17 heavy (non-hydrogen) atoms. The van der Waals surface area contributed by atoms with Crippen molar-refractivity contribution < 1.29 is 4.39 Å². The van der Waals surface area contributed by atoms with Crippen molar-refractivity contribution in [2.75, 3.05) is 0 Å². The van der Waals surface area contributed by atoms with E-state index in [1.807, 2.05) is 19.1 Å². The molecule has 1 heterocycles. The maximum atomic E-state index is 13.0. The number of aromatic nitrogens is 1. The Morgan fingerprint density at radius 1 is 1.35 bits per heavy atom. The van der Waals surface area contributed by atoms with Crippen LogP contribution >= 0.6 is 0 Å². The fraction of sp³-hybridized carbons (Fsp3) is 0.214. The molecule has 0 aliphatic rings. The van der Waals surface area contributed by atoms with Gasteiger partial charge in [-0.15, -0.1) is 0 Å².